The number of benzene rings is 1. The van der Waals surface area contributed by atoms with Crippen molar-refractivity contribution in [2.75, 3.05) is 0 Å². The third-order valence-electron chi connectivity index (χ3n) is 2.26. The van der Waals surface area contributed by atoms with Crippen LogP contribution in [-0.4, -0.2) is 11.0 Å². The molecule has 2 rings (SSSR count). The molecule has 0 fully saturated rings. The molecule has 0 unspecified atom stereocenters. The summed E-state index contributed by atoms with van der Waals surface area (Å²) in [5.41, 5.74) is 1.01. The van der Waals surface area contributed by atoms with Crippen molar-refractivity contribution in [3.05, 3.63) is 46.2 Å². The monoisotopic (exact) mass is 217 g/mol. The van der Waals surface area contributed by atoms with Gasteiger partial charge in [-0.1, -0.05) is 18.2 Å². The van der Waals surface area contributed by atoms with Crippen molar-refractivity contribution in [1.29, 1.82) is 0 Å². The second-order valence-corrected chi connectivity index (χ2v) is 3.49. The fourth-order valence-electron chi connectivity index (χ4n) is 1.48. The van der Waals surface area contributed by atoms with Crippen LogP contribution in [0.5, 0.6) is 0 Å². The van der Waals surface area contributed by atoms with Gasteiger partial charge in [0.25, 0.3) is 5.56 Å². The Labute approximate surface area is 91.9 Å². The zero-order valence-electron chi connectivity index (χ0n) is 8.82. The van der Waals surface area contributed by atoms with Crippen LogP contribution in [0.4, 0.5) is 0 Å². The van der Waals surface area contributed by atoms with Crippen molar-refractivity contribution in [1.82, 2.24) is 4.98 Å². The summed E-state index contributed by atoms with van der Waals surface area (Å²) >= 11 is 0. The van der Waals surface area contributed by atoms with E-state index in [0.717, 1.165) is 10.9 Å². The summed E-state index contributed by atoms with van der Waals surface area (Å²) in [6.07, 6.45) is 0. The van der Waals surface area contributed by atoms with Crippen LogP contribution in [-0.2, 0) is 16.1 Å². The first kappa shape index (κ1) is 10.4. The van der Waals surface area contributed by atoms with Crippen LogP contribution < -0.4 is 5.56 Å². The number of fused-ring (bicyclic) bond motifs is 1. The topological polar surface area (TPSA) is 59.2 Å². The van der Waals surface area contributed by atoms with Crippen LogP contribution in [0.2, 0.25) is 0 Å². The van der Waals surface area contributed by atoms with Crippen LogP contribution >= 0.6 is 0 Å². The fourth-order valence-corrected chi connectivity index (χ4v) is 1.48. The molecule has 4 nitrogen and oxygen atoms in total. The highest BCUT2D eigenvalue weighted by atomic mass is 16.5. The van der Waals surface area contributed by atoms with Gasteiger partial charge in [0.15, 0.2) is 0 Å². The van der Waals surface area contributed by atoms with Gasteiger partial charge in [-0.2, -0.15) is 0 Å². The number of aromatic amines is 1. The van der Waals surface area contributed by atoms with Crippen LogP contribution in [0, 0.1) is 0 Å². The number of ether oxygens (including phenoxy) is 1. The van der Waals surface area contributed by atoms with Gasteiger partial charge in [-0.05, 0) is 17.5 Å². The average Bonchev–Trinajstić information content (AvgIpc) is 2.26. The third kappa shape index (κ3) is 2.11. The Hall–Kier alpha value is -2.10. The van der Waals surface area contributed by atoms with Gasteiger partial charge in [0.1, 0.15) is 6.61 Å². The number of nitrogens with one attached hydrogen (secondary N) is 1. The SMILES string of the molecule is CC(=O)OCc1cc2ccccc2[nH]c1=O. The molecule has 4 heteroatoms. The average molecular weight is 217 g/mol. The zero-order valence-corrected chi connectivity index (χ0v) is 8.82. The van der Waals surface area contributed by atoms with E-state index in [1.807, 2.05) is 24.3 Å². The molecular formula is C12H11NO3. The number of hydrogen-bond donors (Lipinski definition) is 1. The van der Waals surface area contributed by atoms with Gasteiger partial charge in [0.2, 0.25) is 0 Å². The molecule has 0 amide bonds. The molecule has 1 aromatic carbocycles. The van der Waals surface area contributed by atoms with E-state index >= 15 is 0 Å². The standard InChI is InChI=1S/C12H11NO3/c1-8(14)16-7-10-6-9-4-2-3-5-11(9)13-12(10)15/h2-6H,7H2,1H3,(H,13,15). The highest BCUT2D eigenvalue weighted by molar-refractivity contribution is 5.78. The first-order chi connectivity index (χ1) is 7.66. The molecule has 0 atom stereocenters. The molecule has 1 aromatic heterocycles. The maximum Gasteiger partial charge on any atom is 0.302 e. The summed E-state index contributed by atoms with van der Waals surface area (Å²) in [7, 11) is 0. The number of rotatable bonds is 2. The molecule has 16 heavy (non-hydrogen) atoms. The summed E-state index contributed by atoms with van der Waals surface area (Å²) in [5, 5.41) is 0.921. The van der Waals surface area contributed by atoms with E-state index in [4.69, 9.17) is 4.74 Å². The molecule has 0 saturated carbocycles. The maximum absolute atomic E-state index is 11.6. The minimum absolute atomic E-state index is 0.00943. The van der Waals surface area contributed by atoms with Crippen molar-refractivity contribution >= 4 is 16.9 Å². The number of hydrogen-bond acceptors (Lipinski definition) is 3. The van der Waals surface area contributed by atoms with Crippen LogP contribution in [0.25, 0.3) is 10.9 Å². The fraction of sp³-hybridized carbons (Fsp3) is 0.167. The van der Waals surface area contributed by atoms with Crippen molar-refractivity contribution < 1.29 is 9.53 Å². The van der Waals surface area contributed by atoms with Gasteiger partial charge in [-0.25, -0.2) is 0 Å². The molecule has 0 saturated heterocycles. The van der Waals surface area contributed by atoms with Crippen molar-refractivity contribution in [2.24, 2.45) is 0 Å². The molecule has 82 valence electrons. The minimum atomic E-state index is -0.396. The number of aromatic nitrogens is 1. The second-order valence-electron chi connectivity index (χ2n) is 3.49. The Morgan fingerprint density at radius 2 is 2.12 bits per heavy atom. The first-order valence-electron chi connectivity index (χ1n) is 4.91. The largest absolute Gasteiger partial charge is 0.461 e. The van der Waals surface area contributed by atoms with Gasteiger partial charge in [-0.15, -0.1) is 0 Å². The molecule has 1 N–H and O–H groups in total. The molecule has 0 spiro atoms. The third-order valence-corrected chi connectivity index (χ3v) is 2.26. The Morgan fingerprint density at radius 1 is 1.38 bits per heavy atom. The number of pyridine rings is 1. The molecule has 0 aliphatic rings. The Kier molecular flexibility index (Phi) is 2.72. The lowest BCUT2D eigenvalue weighted by molar-refractivity contribution is -0.142. The van der Waals surface area contributed by atoms with Crippen LogP contribution in [0.1, 0.15) is 12.5 Å². The second kappa shape index (κ2) is 4.18. The molecule has 1 heterocycles. The number of esters is 1. The van der Waals surface area contributed by atoms with Crippen LogP contribution in [0.3, 0.4) is 0 Å². The Morgan fingerprint density at radius 3 is 2.88 bits per heavy atom. The summed E-state index contributed by atoms with van der Waals surface area (Å²) in [5.74, 6) is -0.396. The van der Waals surface area contributed by atoms with Gasteiger partial charge in [-0.3, -0.25) is 9.59 Å². The van der Waals surface area contributed by atoms with Crippen molar-refractivity contribution in [3.8, 4) is 0 Å². The van der Waals surface area contributed by atoms with E-state index in [-0.39, 0.29) is 12.2 Å². The smallest absolute Gasteiger partial charge is 0.302 e. The van der Waals surface area contributed by atoms with Crippen molar-refractivity contribution in [3.63, 3.8) is 0 Å². The van der Waals surface area contributed by atoms with Crippen LogP contribution in [0.15, 0.2) is 35.1 Å². The van der Waals surface area contributed by atoms with E-state index in [9.17, 15) is 9.59 Å². The van der Waals surface area contributed by atoms with Gasteiger partial charge >= 0.3 is 5.97 Å². The molecule has 0 aliphatic carbocycles. The summed E-state index contributed by atoms with van der Waals surface area (Å²) in [4.78, 5) is 25.0. The summed E-state index contributed by atoms with van der Waals surface area (Å²) in [6, 6.07) is 9.19. The molecule has 0 radical (unpaired) electrons. The van der Waals surface area contributed by atoms with Gasteiger partial charge in [0.05, 0.1) is 5.56 Å². The number of H-pyrrole nitrogens is 1. The number of para-hydroxylation sites is 1. The number of carbonyl (C=O) groups excluding carboxylic acids is 1. The Balaban J connectivity index is 2.42. The molecule has 0 aliphatic heterocycles. The van der Waals surface area contributed by atoms with E-state index in [1.165, 1.54) is 6.92 Å². The predicted octanol–water partition coefficient (Wildman–Crippen LogP) is 1.59. The first-order valence-corrected chi connectivity index (χ1v) is 4.91. The lowest BCUT2D eigenvalue weighted by Crippen LogP contribution is -2.14. The Bertz CT molecular complexity index is 586. The van der Waals surface area contributed by atoms with Crippen molar-refractivity contribution in [2.45, 2.75) is 13.5 Å². The van der Waals surface area contributed by atoms with Gasteiger partial charge < -0.3 is 9.72 Å². The zero-order chi connectivity index (χ0) is 11.5. The molecular weight excluding hydrogens is 206 g/mol. The normalized spacial score (nSPS) is 10.3. The van der Waals surface area contributed by atoms with E-state index in [1.54, 1.807) is 6.07 Å². The predicted molar refractivity (Wildman–Crippen MR) is 60.0 cm³/mol. The quantitative estimate of drug-likeness (QED) is 0.777. The van der Waals surface area contributed by atoms with E-state index < -0.39 is 5.97 Å². The minimum Gasteiger partial charge on any atom is -0.461 e. The van der Waals surface area contributed by atoms with E-state index in [0.29, 0.717) is 5.56 Å². The highest BCUT2D eigenvalue weighted by Crippen LogP contribution is 2.10. The lowest BCUT2D eigenvalue weighted by atomic mass is 10.2. The number of carbonyl (C=O) groups is 1. The maximum atomic E-state index is 11.6. The molecule has 2 aromatic rings. The summed E-state index contributed by atoms with van der Waals surface area (Å²) < 4.78 is 4.80. The lowest BCUT2D eigenvalue weighted by Gasteiger charge is -2.03. The van der Waals surface area contributed by atoms with E-state index in [2.05, 4.69) is 4.98 Å². The summed E-state index contributed by atoms with van der Waals surface area (Å²) in [6.45, 7) is 1.32. The molecule has 0 bridgehead atoms. The highest BCUT2D eigenvalue weighted by Gasteiger charge is 2.03. The van der Waals surface area contributed by atoms with Gasteiger partial charge in [0, 0.05) is 12.4 Å².